The fourth-order valence-corrected chi connectivity index (χ4v) is 4.15. The average Bonchev–Trinajstić information content (AvgIpc) is 3.33. The second-order valence-corrected chi connectivity index (χ2v) is 6.93. The van der Waals surface area contributed by atoms with Gasteiger partial charge < -0.3 is 14.2 Å². The van der Waals surface area contributed by atoms with Crippen LogP contribution in [0.2, 0.25) is 0 Å². The molecule has 3 aliphatic heterocycles. The largest absolute Gasteiger partial charge is 0.491 e. The lowest BCUT2D eigenvalue weighted by Crippen LogP contribution is -2.42. The number of nitrogens with zero attached hydrogens (tertiary/aromatic N) is 2. The van der Waals surface area contributed by atoms with E-state index in [1.54, 1.807) is 6.20 Å². The molecule has 6 heteroatoms. The molecular formula is C20H20N2O4. The number of amides is 1. The Morgan fingerprint density at radius 1 is 1.12 bits per heavy atom. The normalized spacial score (nSPS) is 21.9. The Labute approximate surface area is 151 Å². The molecule has 0 saturated carbocycles. The molecule has 1 aromatic carbocycles. The maximum Gasteiger partial charge on any atom is 0.247 e. The van der Waals surface area contributed by atoms with Crippen molar-refractivity contribution in [2.24, 2.45) is 0 Å². The first kappa shape index (κ1) is 15.5. The molecule has 1 amide bonds. The van der Waals surface area contributed by atoms with Crippen molar-refractivity contribution in [3.05, 3.63) is 41.6 Å². The van der Waals surface area contributed by atoms with E-state index in [2.05, 4.69) is 11.9 Å². The summed E-state index contributed by atoms with van der Waals surface area (Å²) in [7, 11) is 0. The highest BCUT2D eigenvalue weighted by molar-refractivity contribution is 6.10. The number of unbranched alkanes of at least 4 members (excludes halogenated alkanes) is 2. The molecule has 26 heavy (non-hydrogen) atoms. The Morgan fingerprint density at radius 2 is 1.96 bits per heavy atom. The number of carbonyl (C=O) groups excluding carboxylic acids is 1. The fourth-order valence-electron chi connectivity index (χ4n) is 4.15. The van der Waals surface area contributed by atoms with Crippen LogP contribution in [0.5, 0.6) is 17.2 Å². The Morgan fingerprint density at radius 3 is 2.81 bits per heavy atom. The van der Waals surface area contributed by atoms with Gasteiger partial charge in [-0.1, -0.05) is 25.8 Å². The number of aromatic nitrogens is 1. The number of carbonyl (C=O) groups is 1. The smallest absolute Gasteiger partial charge is 0.247 e. The lowest BCUT2D eigenvalue weighted by Gasteiger charge is -2.22. The Balaban J connectivity index is 1.63. The van der Waals surface area contributed by atoms with Crippen LogP contribution in [0.1, 0.15) is 37.3 Å². The van der Waals surface area contributed by atoms with Gasteiger partial charge in [-0.15, -0.1) is 0 Å². The fraction of sp³-hybridized carbons (Fsp3) is 0.400. The third-order valence-electron chi connectivity index (χ3n) is 5.48. The van der Waals surface area contributed by atoms with Gasteiger partial charge in [-0.25, -0.2) is 4.98 Å². The van der Waals surface area contributed by atoms with Crippen LogP contribution in [0.3, 0.4) is 0 Å². The van der Waals surface area contributed by atoms with Gasteiger partial charge in [0.1, 0.15) is 23.6 Å². The minimum atomic E-state index is -0.841. The lowest BCUT2D eigenvalue weighted by molar-refractivity contribution is -0.122. The first-order valence-corrected chi connectivity index (χ1v) is 9.10. The van der Waals surface area contributed by atoms with Gasteiger partial charge in [-0.2, -0.15) is 0 Å². The summed E-state index contributed by atoms with van der Waals surface area (Å²) >= 11 is 0. The molecule has 134 valence electrons. The number of hydrogen-bond acceptors (Lipinski definition) is 5. The van der Waals surface area contributed by atoms with E-state index in [4.69, 9.17) is 14.2 Å². The average molecular weight is 352 g/mol. The molecule has 0 N–H and O–H groups in total. The number of fused-ring (bicyclic) bond motifs is 5. The van der Waals surface area contributed by atoms with Gasteiger partial charge in [0.05, 0.1) is 0 Å². The standard InChI is InChI=1S/C20H20N2O4/c1-2-3-4-8-22-18-13(6-5-7-21-18)20(19(22)23)11-24-15-10-17-16(9-14(15)20)25-12-26-17/h5-7,9-10H,2-4,8,11-12H2,1H3. The maximum atomic E-state index is 13.6. The Kier molecular flexibility index (Phi) is 3.35. The zero-order valence-corrected chi connectivity index (χ0v) is 14.7. The van der Waals surface area contributed by atoms with Crippen molar-refractivity contribution in [2.45, 2.75) is 31.6 Å². The second-order valence-electron chi connectivity index (χ2n) is 6.93. The molecule has 0 fully saturated rings. The van der Waals surface area contributed by atoms with E-state index in [-0.39, 0.29) is 19.3 Å². The SMILES string of the molecule is CCCCCN1C(=O)C2(COc3cc4c(cc32)OCO4)c2cccnc21. The summed E-state index contributed by atoms with van der Waals surface area (Å²) in [5.74, 6) is 2.81. The first-order chi connectivity index (χ1) is 12.8. The highest BCUT2D eigenvalue weighted by atomic mass is 16.7. The zero-order valence-electron chi connectivity index (χ0n) is 14.7. The molecule has 1 unspecified atom stereocenters. The molecule has 0 aliphatic carbocycles. The summed E-state index contributed by atoms with van der Waals surface area (Å²) in [6.07, 6.45) is 4.90. The van der Waals surface area contributed by atoms with Crippen LogP contribution < -0.4 is 19.1 Å². The van der Waals surface area contributed by atoms with Crippen molar-refractivity contribution >= 4 is 11.7 Å². The Hall–Kier alpha value is -2.76. The summed E-state index contributed by atoms with van der Waals surface area (Å²) in [6, 6.07) is 7.60. The second kappa shape index (κ2) is 5.62. The van der Waals surface area contributed by atoms with E-state index in [1.807, 2.05) is 29.2 Å². The van der Waals surface area contributed by atoms with Crippen LogP contribution in [0, 0.1) is 0 Å². The van der Waals surface area contributed by atoms with Gasteiger partial charge in [0.25, 0.3) is 0 Å². The van der Waals surface area contributed by atoms with E-state index in [9.17, 15) is 4.79 Å². The molecule has 1 aromatic heterocycles. The van der Waals surface area contributed by atoms with Crippen molar-refractivity contribution < 1.29 is 19.0 Å². The minimum Gasteiger partial charge on any atom is -0.491 e. The number of rotatable bonds is 4. The van der Waals surface area contributed by atoms with E-state index in [0.717, 1.165) is 36.2 Å². The summed E-state index contributed by atoms with van der Waals surface area (Å²) in [5.41, 5.74) is 0.921. The molecule has 3 aliphatic rings. The summed E-state index contributed by atoms with van der Waals surface area (Å²) < 4.78 is 16.9. The topological polar surface area (TPSA) is 60.9 Å². The predicted molar refractivity (Wildman–Crippen MR) is 95.0 cm³/mol. The summed E-state index contributed by atoms with van der Waals surface area (Å²) in [4.78, 5) is 19.9. The van der Waals surface area contributed by atoms with Gasteiger partial charge in [0, 0.05) is 29.9 Å². The van der Waals surface area contributed by atoms with Gasteiger partial charge in [-0.05, 0) is 18.6 Å². The summed E-state index contributed by atoms with van der Waals surface area (Å²) in [5, 5.41) is 0. The van der Waals surface area contributed by atoms with Crippen molar-refractivity contribution in [1.82, 2.24) is 4.98 Å². The minimum absolute atomic E-state index is 0.0416. The van der Waals surface area contributed by atoms with Gasteiger partial charge in [-0.3, -0.25) is 9.69 Å². The molecule has 0 saturated heterocycles. The molecular weight excluding hydrogens is 332 g/mol. The molecule has 0 bridgehead atoms. The number of pyridine rings is 1. The molecule has 4 heterocycles. The first-order valence-electron chi connectivity index (χ1n) is 9.10. The molecule has 1 spiro atoms. The van der Waals surface area contributed by atoms with E-state index in [0.29, 0.717) is 23.8 Å². The van der Waals surface area contributed by atoms with Crippen LogP contribution in [0.4, 0.5) is 5.82 Å². The van der Waals surface area contributed by atoms with Crippen LogP contribution in [-0.4, -0.2) is 30.8 Å². The summed E-state index contributed by atoms with van der Waals surface area (Å²) in [6.45, 7) is 3.31. The molecule has 2 aromatic rings. The molecule has 0 radical (unpaired) electrons. The van der Waals surface area contributed by atoms with Gasteiger partial charge in [0.15, 0.2) is 11.5 Å². The van der Waals surface area contributed by atoms with E-state index in [1.165, 1.54) is 0 Å². The maximum absolute atomic E-state index is 13.6. The Bertz CT molecular complexity index is 897. The van der Waals surface area contributed by atoms with E-state index >= 15 is 0 Å². The van der Waals surface area contributed by atoms with Crippen LogP contribution >= 0.6 is 0 Å². The van der Waals surface area contributed by atoms with Crippen molar-refractivity contribution in [3.8, 4) is 17.2 Å². The lowest BCUT2D eigenvalue weighted by atomic mass is 9.77. The monoisotopic (exact) mass is 352 g/mol. The number of benzene rings is 1. The third kappa shape index (κ3) is 1.92. The predicted octanol–water partition coefficient (Wildman–Crippen LogP) is 3.03. The van der Waals surface area contributed by atoms with Crippen molar-refractivity contribution in [2.75, 3.05) is 24.8 Å². The van der Waals surface area contributed by atoms with E-state index < -0.39 is 5.41 Å². The van der Waals surface area contributed by atoms with Crippen LogP contribution in [0.15, 0.2) is 30.5 Å². The van der Waals surface area contributed by atoms with Gasteiger partial charge >= 0.3 is 0 Å². The van der Waals surface area contributed by atoms with Crippen LogP contribution in [0.25, 0.3) is 0 Å². The highest BCUT2D eigenvalue weighted by Crippen LogP contribution is 2.54. The molecule has 1 atom stereocenters. The molecule has 6 nitrogen and oxygen atoms in total. The number of anilines is 1. The van der Waals surface area contributed by atoms with Crippen LogP contribution in [-0.2, 0) is 10.2 Å². The van der Waals surface area contributed by atoms with Crippen molar-refractivity contribution in [1.29, 1.82) is 0 Å². The zero-order chi connectivity index (χ0) is 17.7. The highest BCUT2D eigenvalue weighted by Gasteiger charge is 2.57. The molecule has 5 rings (SSSR count). The third-order valence-corrected chi connectivity index (χ3v) is 5.48. The number of ether oxygens (including phenoxy) is 3. The number of hydrogen-bond donors (Lipinski definition) is 0. The quantitative estimate of drug-likeness (QED) is 0.792. The van der Waals surface area contributed by atoms with Crippen molar-refractivity contribution in [3.63, 3.8) is 0 Å². The van der Waals surface area contributed by atoms with Gasteiger partial charge in [0.2, 0.25) is 12.7 Å².